The number of nitro groups is 1. The molecule has 0 aliphatic carbocycles. The number of carbonyl (C=O) groups is 1. The van der Waals surface area contributed by atoms with Crippen molar-refractivity contribution >= 4 is 38.9 Å². The van der Waals surface area contributed by atoms with Gasteiger partial charge in [0.25, 0.3) is 11.6 Å². The first kappa shape index (κ1) is 15.6. The van der Waals surface area contributed by atoms with Crippen LogP contribution in [0.4, 0.5) is 10.1 Å². The first-order valence-corrected chi connectivity index (χ1v) is 7.47. The van der Waals surface area contributed by atoms with Gasteiger partial charge in [0.1, 0.15) is 5.82 Å². The number of carbonyl (C=O) groups excluding carboxylic acids is 1. The molecule has 0 spiro atoms. The topological polar surface area (TPSA) is 63.5 Å². The van der Waals surface area contributed by atoms with E-state index in [0.717, 1.165) is 27.5 Å². The Labute approximate surface area is 132 Å². The molecule has 0 N–H and O–H groups in total. The molecule has 1 aromatic carbocycles. The lowest BCUT2D eigenvalue weighted by molar-refractivity contribution is -0.385. The van der Waals surface area contributed by atoms with Crippen molar-refractivity contribution in [3.8, 4) is 0 Å². The maximum Gasteiger partial charge on any atom is 0.273 e. The minimum Gasteiger partial charge on any atom is -0.337 e. The number of nitrogens with zero attached hydrogens (tertiary/aromatic N) is 2. The highest BCUT2D eigenvalue weighted by atomic mass is 79.9. The van der Waals surface area contributed by atoms with Gasteiger partial charge in [0.05, 0.1) is 17.5 Å². The van der Waals surface area contributed by atoms with E-state index < -0.39 is 22.3 Å². The number of amides is 1. The van der Waals surface area contributed by atoms with E-state index in [1.807, 2.05) is 11.4 Å². The number of hydrogen-bond acceptors (Lipinski definition) is 4. The predicted octanol–water partition coefficient (Wildman–Crippen LogP) is 3.83. The van der Waals surface area contributed by atoms with E-state index in [0.29, 0.717) is 6.54 Å². The molecule has 5 nitrogen and oxygen atoms in total. The van der Waals surface area contributed by atoms with Crippen molar-refractivity contribution in [2.24, 2.45) is 0 Å². The normalized spacial score (nSPS) is 10.4. The molecule has 0 bridgehead atoms. The van der Waals surface area contributed by atoms with E-state index in [-0.39, 0.29) is 5.56 Å². The van der Waals surface area contributed by atoms with Crippen LogP contribution in [0.15, 0.2) is 34.1 Å². The molecular formula is C13H10BrFN2O3S. The molecule has 0 saturated heterocycles. The molecule has 0 radical (unpaired) electrons. The fourth-order valence-electron chi connectivity index (χ4n) is 1.77. The van der Waals surface area contributed by atoms with Crippen molar-refractivity contribution in [2.75, 3.05) is 7.05 Å². The Morgan fingerprint density at radius 3 is 2.71 bits per heavy atom. The van der Waals surface area contributed by atoms with E-state index >= 15 is 0 Å². The van der Waals surface area contributed by atoms with Gasteiger partial charge in [0, 0.05) is 33.4 Å². The van der Waals surface area contributed by atoms with E-state index in [2.05, 4.69) is 15.9 Å². The zero-order valence-electron chi connectivity index (χ0n) is 10.9. The number of non-ortho nitro benzene ring substituents is 1. The van der Waals surface area contributed by atoms with Crippen LogP contribution in [0.5, 0.6) is 0 Å². The summed E-state index contributed by atoms with van der Waals surface area (Å²) in [5.74, 6) is -1.28. The molecule has 2 aromatic rings. The summed E-state index contributed by atoms with van der Waals surface area (Å²) in [6, 6.07) is 4.73. The zero-order valence-corrected chi connectivity index (χ0v) is 13.3. The third-order valence-electron chi connectivity index (χ3n) is 2.70. The summed E-state index contributed by atoms with van der Waals surface area (Å²) >= 11 is 4.80. The second kappa shape index (κ2) is 6.31. The van der Waals surface area contributed by atoms with Crippen LogP contribution in [0.2, 0.25) is 0 Å². The lowest BCUT2D eigenvalue weighted by atomic mass is 10.1. The Morgan fingerprint density at radius 1 is 1.43 bits per heavy atom. The monoisotopic (exact) mass is 372 g/mol. The maximum atomic E-state index is 13.4. The van der Waals surface area contributed by atoms with Crippen LogP contribution < -0.4 is 0 Å². The van der Waals surface area contributed by atoms with Crippen LogP contribution in [0, 0.1) is 15.9 Å². The smallest absolute Gasteiger partial charge is 0.273 e. The maximum absolute atomic E-state index is 13.4. The Kier molecular flexibility index (Phi) is 4.69. The fraction of sp³-hybridized carbons (Fsp3) is 0.154. The van der Waals surface area contributed by atoms with Gasteiger partial charge in [-0.15, -0.1) is 11.3 Å². The lowest BCUT2D eigenvalue weighted by Gasteiger charge is -2.16. The van der Waals surface area contributed by atoms with Crippen molar-refractivity contribution in [3.63, 3.8) is 0 Å². The predicted molar refractivity (Wildman–Crippen MR) is 80.9 cm³/mol. The number of halogens is 2. The molecule has 1 amide bonds. The highest BCUT2D eigenvalue weighted by Crippen LogP contribution is 2.22. The summed E-state index contributed by atoms with van der Waals surface area (Å²) in [5.41, 5.74) is -0.481. The lowest BCUT2D eigenvalue weighted by Crippen LogP contribution is -2.26. The van der Waals surface area contributed by atoms with Gasteiger partial charge in [-0.05, 0) is 28.1 Å². The Morgan fingerprint density at radius 2 is 2.14 bits per heavy atom. The Hall–Kier alpha value is -1.80. The van der Waals surface area contributed by atoms with Crippen molar-refractivity contribution in [2.45, 2.75) is 6.54 Å². The third-order valence-corrected chi connectivity index (χ3v) is 4.38. The first-order valence-electron chi connectivity index (χ1n) is 5.80. The average molecular weight is 373 g/mol. The number of benzene rings is 1. The van der Waals surface area contributed by atoms with E-state index in [1.165, 1.54) is 16.2 Å². The molecule has 0 atom stereocenters. The van der Waals surface area contributed by atoms with Gasteiger partial charge in [-0.1, -0.05) is 0 Å². The standard InChI is InChI=1S/C13H10BrFN2O3S/c1-16(6-12-4-9(14)7-21-12)13(18)8-2-10(15)5-11(3-8)17(19)20/h2-5,7H,6H2,1H3. The molecule has 0 unspecified atom stereocenters. The van der Waals surface area contributed by atoms with E-state index in [4.69, 9.17) is 0 Å². The summed E-state index contributed by atoms with van der Waals surface area (Å²) in [6.07, 6.45) is 0. The summed E-state index contributed by atoms with van der Waals surface area (Å²) in [7, 11) is 1.56. The van der Waals surface area contributed by atoms with Crippen molar-refractivity contribution in [3.05, 3.63) is 60.5 Å². The second-order valence-corrected chi connectivity index (χ2v) is 6.26. The zero-order chi connectivity index (χ0) is 15.6. The fourth-order valence-corrected chi connectivity index (χ4v) is 3.27. The molecule has 0 aliphatic rings. The van der Waals surface area contributed by atoms with Gasteiger partial charge in [0.2, 0.25) is 0 Å². The minimum atomic E-state index is -0.806. The van der Waals surface area contributed by atoms with Crippen molar-refractivity contribution in [1.29, 1.82) is 0 Å². The molecule has 0 fully saturated rings. The van der Waals surface area contributed by atoms with Crippen LogP contribution in [0.3, 0.4) is 0 Å². The molecular weight excluding hydrogens is 363 g/mol. The van der Waals surface area contributed by atoms with Gasteiger partial charge >= 0.3 is 0 Å². The van der Waals surface area contributed by atoms with Crippen LogP contribution in [0.1, 0.15) is 15.2 Å². The number of rotatable bonds is 4. The summed E-state index contributed by atoms with van der Waals surface area (Å²) in [4.78, 5) is 24.5. The van der Waals surface area contributed by atoms with Gasteiger partial charge in [-0.2, -0.15) is 0 Å². The molecule has 0 saturated carbocycles. The number of nitro benzene ring substituents is 1. The van der Waals surface area contributed by atoms with Crippen molar-refractivity contribution < 1.29 is 14.1 Å². The highest BCUT2D eigenvalue weighted by Gasteiger charge is 2.18. The minimum absolute atomic E-state index is 0.0418. The second-order valence-electron chi connectivity index (χ2n) is 4.35. The summed E-state index contributed by atoms with van der Waals surface area (Å²) in [5, 5.41) is 12.6. The van der Waals surface area contributed by atoms with Gasteiger partial charge in [0.15, 0.2) is 0 Å². The van der Waals surface area contributed by atoms with E-state index in [1.54, 1.807) is 7.05 Å². The molecule has 1 aromatic heterocycles. The average Bonchev–Trinajstić information content (AvgIpc) is 2.82. The molecule has 1 heterocycles. The van der Waals surface area contributed by atoms with Crippen LogP contribution in [-0.2, 0) is 6.54 Å². The highest BCUT2D eigenvalue weighted by molar-refractivity contribution is 9.10. The van der Waals surface area contributed by atoms with Gasteiger partial charge < -0.3 is 4.90 Å². The largest absolute Gasteiger partial charge is 0.337 e. The van der Waals surface area contributed by atoms with E-state index in [9.17, 15) is 19.3 Å². The Balaban J connectivity index is 2.20. The quantitative estimate of drug-likeness (QED) is 0.605. The van der Waals surface area contributed by atoms with Crippen LogP contribution >= 0.6 is 27.3 Å². The first-order chi connectivity index (χ1) is 9.86. The Bertz CT molecular complexity index is 704. The summed E-state index contributed by atoms with van der Waals surface area (Å²) in [6.45, 7) is 0.347. The molecule has 21 heavy (non-hydrogen) atoms. The summed E-state index contributed by atoms with van der Waals surface area (Å²) < 4.78 is 14.3. The molecule has 2 rings (SSSR count). The molecule has 8 heteroatoms. The number of thiophene rings is 1. The van der Waals surface area contributed by atoms with Crippen LogP contribution in [-0.4, -0.2) is 22.8 Å². The van der Waals surface area contributed by atoms with Gasteiger partial charge in [-0.25, -0.2) is 4.39 Å². The molecule has 110 valence electrons. The third kappa shape index (κ3) is 3.85. The van der Waals surface area contributed by atoms with Crippen LogP contribution in [0.25, 0.3) is 0 Å². The SMILES string of the molecule is CN(Cc1cc(Br)cs1)C(=O)c1cc(F)cc([N+](=O)[O-])c1. The van der Waals surface area contributed by atoms with Gasteiger partial charge in [-0.3, -0.25) is 14.9 Å². The number of hydrogen-bond donors (Lipinski definition) is 0. The molecule has 0 aliphatic heterocycles. The van der Waals surface area contributed by atoms with Crippen molar-refractivity contribution in [1.82, 2.24) is 4.90 Å².